The van der Waals surface area contributed by atoms with Crippen molar-refractivity contribution in [1.29, 1.82) is 0 Å². The molecule has 0 spiro atoms. The lowest BCUT2D eigenvalue weighted by Crippen LogP contribution is -2.26. The van der Waals surface area contributed by atoms with E-state index in [1.54, 1.807) is 11.3 Å². The van der Waals surface area contributed by atoms with Gasteiger partial charge < -0.3 is 10.3 Å². The molecular weight excluding hydrogens is 406 g/mol. The van der Waals surface area contributed by atoms with Crippen molar-refractivity contribution in [2.75, 3.05) is 5.32 Å². The number of aromatic amines is 1. The van der Waals surface area contributed by atoms with E-state index in [2.05, 4.69) is 31.1 Å². The number of carbonyl (C=O) groups excluding carboxylic acids is 1. The molecule has 2 heterocycles. The Morgan fingerprint density at radius 2 is 2.03 bits per heavy atom. The van der Waals surface area contributed by atoms with Gasteiger partial charge in [0.15, 0.2) is 0 Å². The van der Waals surface area contributed by atoms with Crippen LogP contribution >= 0.6 is 11.3 Å². The summed E-state index contributed by atoms with van der Waals surface area (Å²) < 4.78 is 0. The van der Waals surface area contributed by atoms with Gasteiger partial charge >= 0.3 is 0 Å². The Morgan fingerprint density at radius 1 is 1.26 bits per heavy atom. The molecule has 0 saturated heterocycles. The fourth-order valence-corrected chi connectivity index (χ4v) is 5.68. The van der Waals surface area contributed by atoms with Gasteiger partial charge in [-0.15, -0.1) is 11.3 Å². The first-order valence-electron chi connectivity index (χ1n) is 11.0. The van der Waals surface area contributed by atoms with Gasteiger partial charge in [-0.25, -0.2) is 4.98 Å². The number of fused-ring (bicyclic) bond motifs is 3. The Hall–Kier alpha value is -2.47. The van der Waals surface area contributed by atoms with Gasteiger partial charge in [-0.3, -0.25) is 9.59 Å². The average molecular weight is 438 g/mol. The number of hydrogen-bond acceptors (Lipinski definition) is 4. The third-order valence-electron chi connectivity index (χ3n) is 6.57. The molecule has 4 rings (SSSR count). The van der Waals surface area contributed by atoms with Gasteiger partial charge in [0.1, 0.15) is 10.7 Å². The summed E-state index contributed by atoms with van der Waals surface area (Å²) in [5.41, 5.74) is 4.52. The Balaban J connectivity index is 1.48. The number of amides is 1. The number of aromatic nitrogens is 2. The lowest BCUT2D eigenvalue weighted by atomic mass is 9.72. The number of nitrogens with one attached hydrogen (secondary N) is 2. The number of anilines is 1. The molecule has 0 radical (unpaired) electrons. The number of rotatable bonds is 4. The van der Waals surface area contributed by atoms with Crippen molar-refractivity contribution in [3.63, 3.8) is 0 Å². The number of hydrogen-bond donors (Lipinski definition) is 2. The second-order valence-electron chi connectivity index (χ2n) is 9.85. The van der Waals surface area contributed by atoms with Crippen LogP contribution < -0.4 is 10.9 Å². The Kier molecular flexibility index (Phi) is 5.77. The molecule has 3 aromatic rings. The van der Waals surface area contributed by atoms with Crippen molar-refractivity contribution >= 4 is 33.1 Å². The minimum Gasteiger partial charge on any atom is -0.326 e. The molecule has 1 aliphatic carbocycles. The van der Waals surface area contributed by atoms with E-state index in [0.717, 1.165) is 40.7 Å². The molecule has 164 valence electrons. The van der Waals surface area contributed by atoms with Crippen LogP contribution in [0.25, 0.3) is 10.2 Å². The molecule has 0 unspecified atom stereocenters. The lowest BCUT2D eigenvalue weighted by molar-refractivity contribution is -0.116. The van der Waals surface area contributed by atoms with E-state index in [-0.39, 0.29) is 23.3 Å². The third-order valence-corrected chi connectivity index (χ3v) is 7.72. The van der Waals surface area contributed by atoms with Gasteiger partial charge in [-0.2, -0.15) is 0 Å². The zero-order chi connectivity index (χ0) is 22.3. The van der Waals surface area contributed by atoms with Crippen LogP contribution in [0.5, 0.6) is 0 Å². The summed E-state index contributed by atoms with van der Waals surface area (Å²) in [5.74, 6) is 1.13. The predicted molar refractivity (Wildman–Crippen MR) is 128 cm³/mol. The average Bonchev–Trinajstić information content (AvgIpc) is 3.06. The first kappa shape index (κ1) is 21.8. The maximum absolute atomic E-state index is 12.8. The summed E-state index contributed by atoms with van der Waals surface area (Å²) in [6, 6.07) is 5.88. The van der Waals surface area contributed by atoms with Crippen molar-refractivity contribution in [2.24, 2.45) is 11.3 Å². The topological polar surface area (TPSA) is 74.8 Å². The maximum Gasteiger partial charge on any atom is 0.259 e. The molecule has 2 N–H and O–H groups in total. The second-order valence-corrected chi connectivity index (χ2v) is 10.9. The molecule has 5 nitrogen and oxygen atoms in total. The second kappa shape index (κ2) is 8.23. The molecule has 1 amide bonds. The standard InChI is InChI=1S/C25H31N3O2S/c1-14-6-8-17(12-15(14)2)26-21(29)11-10-20-27-23(30)22-18-9-7-16(25(3,4)5)13-19(18)31-24(22)28-20/h6,8,12,16H,7,9-11,13H2,1-5H3,(H,26,29)(H,27,28,30)/t16-/m0/s1. The van der Waals surface area contributed by atoms with Gasteiger partial charge in [0.25, 0.3) is 5.56 Å². The van der Waals surface area contributed by atoms with Crippen LogP contribution in [0, 0.1) is 25.2 Å². The fourth-order valence-electron chi connectivity index (χ4n) is 4.36. The van der Waals surface area contributed by atoms with E-state index in [1.165, 1.54) is 16.0 Å². The van der Waals surface area contributed by atoms with Crippen LogP contribution in [0.4, 0.5) is 5.69 Å². The Morgan fingerprint density at radius 3 is 2.74 bits per heavy atom. The molecule has 0 fully saturated rings. The summed E-state index contributed by atoms with van der Waals surface area (Å²) in [7, 11) is 0. The molecule has 0 saturated carbocycles. The molecule has 31 heavy (non-hydrogen) atoms. The van der Waals surface area contributed by atoms with Crippen molar-refractivity contribution in [3.8, 4) is 0 Å². The molecule has 0 aliphatic heterocycles. The quantitative estimate of drug-likeness (QED) is 0.580. The molecule has 0 bridgehead atoms. The first-order chi connectivity index (χ1) is 14.6. The van der Waals surface area contributed by atoms with Gasteiger partial charge in [-0.1, -0.05) is 26.8 Å². The summed E-state index contributed by atoms with van der Waals surface area (Å²) in [4.78, 5) is 35.0. The van der Waals surface area contributed by atoms with E-state index in [4.69, 9.17) is 4.98 Å². The summed E-state index contributed by atoms with van der Waals surface area (Å²) >= 11 is 1.66. The number of nitrogens with zero attached hydrogens (tertiary/aromatic N) is 1. The monoisotopic (exact) mass is 437 g/mol. The van der Waals surface area contributed by atoms with Crippen molar-refractivity contribution in [2.45, 2.75) is 66.7 Å². The van der Waals surface area contributed by atoms with Crippen LogP contribution in [0.3, 0.4) is 0 Å². The van der Waals surface area contributed by atoms with E-state index in [0.29, 0.717) is 18.2 Å². The number of carbonyl (C=O) groups is 1. The minimum atomic E-state index is -0.0792. The predicted octanol–water partition coefficient (Wildman–Crippen LogP) is 5.32. The van der Waals surface area contributed by atoms with Crippen LogP contribution in [-0.4, -0.2) is 15.9 Å². The van der Waals surface area contributed by atoms with E-state index < -0.39 is 0 Å². The number of benzene rings is 1. The van der Waals surface area contributed by atoms with Crippen LogP contribution in [0.1, 0.15) is 61.0 Å². The lowest BCUT2D eigenvalue weighted by Gasteiger charge is -2.33. The number of aryl methyl sites for hydroxylation is 4. The number of H-pyrrole nitrogens is 1. The maximum atomic E-state index is 12.8. The van der Waals surface area contributed by atoms with E-state index in [9.17, 15) is 9.59 Å². The molecule has 1 aromatic carbocycles. The van der Waals surface area contributed by atoms with Gasteiger partial charge in [0, 0.05) is 23.4 Å². The molecule has 2 aromatic heterocycles. The summed E-state index contributed by atoms with van der Waals surface area (Å²) in [6.45, 7) is 11.0. The minimum absolute atomic E-state index is 0.0683. The molecule has 1 aliphatic rings. The van der Waals surface area contributed by atoms with Crippen molar-refractivity contribution < 1.29 is 4.79 Å². The Labute approximate surface area is 187 Å². The first-order valence-corrected chi connectivity index (χ1v) is 11.8. The molecule has 6 heteroatoms. The summed E-state index contributed by atoms with van der Waals surface area (Å²) in [6.07, 6.45) is 3.77. The van der Waals surface area contributed by atoms with Gasteiger partial charge in [0.2, 0.25) is 5.91 Å². The van der Waals surface area contributed by atoms with E-state index in [1.807, 2.05) is 32.0 Å². The van der Waals surface area contributed by atoms with Gasteiger partial charge in [0.05, 0.1) is 5.39 Å². The molecular formula is C25H31N3O2S. The largest absolute Gasteiger partial charge is 0.326 e. The SMILES string of the molecule is Cc1ccc(NC(=O)CCc2nc3sc4c(c3c(=O)[nH]2)CC[C@H](C(C)(C)C)C4)cc1C. The highest BCUT2D eigenvalue weighted by Crippen LogP contribution is 2.41. The highest BCUT2D eigenvalue weighted by molar-refractivity contribution is 7.18. The van der Waals surface area contributed by atoms with Crippen LogP contribution in [-0.2, 0) is 24.1 Å². The molecule has 1 atom stereocenters. The van der Waals surface area contributed by atoms with Crippen molar-refractivity contribution in [3.05, 3.63) is 55.9 Å². The normalized spacial score (nSPS) is 16.4. The Bertz CT molecular complexity index is 1200. The highest BCUT2D eigenvalue weighted by Gasteiger charge is 2.31. The van der Waals surface area contributed by atoms with E-state index >= 15 is 0 Å². The highest BCUT2D eigenvalue weighted by atomic mass is 32.1. The zero-order valence-corrected chi connectivity index (χ0v) is 19.8. The van der Waals surface area contributed by atoms with Gasteiger partial charge in [-0.05, 0) is 73.3 Å². The third kappa shape index (κ3) is 4.59. The fraction of sp³-hybridized carbons (Fsp3) is 0.480. The summed E-state index contributed by atoms with van der Waals surface area (Å²) in [5, 5.41) is 3.69. The van der Waals surface area contributed by atoms with Crippen LogP contribution in [0.2, 0.25) is 0 Å². The van der Waals surface area contributed by atoms with Crippen molar-refractivity contribution in [1.82, 2.24) is 9.97 Å². The van der Waals surface area contributed by atoms with Crippen LogP contribution in [0.15, 0.2) is 23.0 Å². The zero-order valence-electron chi connectivity index (χ0n) is 19.0. The smallest absolute Gasteiger partial charge is 0.259 e. The number of thiophene rings is 1.